The molecule has 1 rings (SSSR count). The first-order valence-electron chi connectivity index (χ1n) is 12.1. The molecule has 0 radical (unpaired) electrons. The van der Waals surface area contributed by atoms with E-state index in [1.54, 1.807) is 0 Å². The minimum Gasteiger partial charge on any atom is -0.394 e. The van der Waals surface area contributed by atoms with Crippen molar-refractivity contribution in [3.8, 4) is 0 Å². The number of hydrogen-bond donors (Lipinski definition) is 0. The largest absolute Gasteiger partial charge is 0.394 e. The van der Waals surface area contributed by atoms with Gasteiger partial charge in [-0.05, 0) is 30.5 Å². The van der Waals surface area contributed by atoms with Crippen molar-refractivity contribution < 1.29 is 8.85 Å². The third kappa shape index (κ3) is 10.2. The Hall–Kier alpha value is -0.643. The van der Waals surface area contributed by atoms with E-state index in [9.17, 15) is 0 Å². The highest BCUT2D eigenvalue weighted by Gasteiger charge is 2.36. The van der Waals surface area contributed by atoms with E-state index < -0.39 is 8.56 Å². The second-order valence-corrected chi connectivity index (χ2v) is 11.8. The molecule has 3 heteroatoms. The summed E-state index contributed by atoms with van der Waals surface area (Å²) in [5.74, 6) is 0. The first kappa shape index (κ1) is 25.4. The summed E-state index contributed by atoms with van der Waals surface area (Å²) in [6.07, 6.45) is 14.8. The predicted molar refractivity (Wildman–Crippen MR) is 125 cm³/mol. The van der Waals surface area contributed by atoms with Crippen LogP contribution in [0.15, 0.2) is 30.3 Å². The molecule has 0 aliphatic carbocycles. The van der Waals surface area contributed by atoms with Crippen LogP contribution in [-0.4, -0.2) is 15.2 Å². The summed E-state index contributed by atoms with van der Waals surface area (Å²) in [6.45, 7) is 9.85. The van der Waals surface area contributed by atoms with Gasteiger partial charge in [-0.25, -0.2) is 0 Å². The van der Waals surface area contributed by atoms with Crippen molar-refractivity contribution in [3.63, 3.8) is 0 Å². The van der Waals surface area contributed by atoms with Crippen molar-refractivity contribution in [3.05, 3.63) is 35.9 Å². The number of rotatable bonds is 18. The van der Waals surface area contributed by atoms with Crippen molar-refractivity contribution in [2.24, 2.45) is 0 Å². The van der Waals surface area contributed by atoms with Crippen LogP contribution in [0.4, 0.5) is 0 Å². The lowest BCUT2D eigenvalue weighted by Crippen LogP contribution is -2.42. The van der Waals surface area contributed by atoms with Gasteiger partial charge in [0.1, 0.15) is 0 Å². The van der Waals surface area contributed by atoms with Gasteiger partial charge in [-0.15, -0.1) is 0 Å². The van der Waals surface area contributed by atoms with Gasteiger partial charge in [-0.2, -0.15) is 0 Å². The SMILES string of the molecule is CCCCCCCCCCCCO[Si](CC)(CC)OC(CC)c1ccccc1. The first-order chi connectivity index (χ1) is 13.7. The summed E-state index contributed by atoms with van der Waals surface area (Å²) in [4.78, 5) is 0. The van der Waals surface area contributed by atoms with E-state index in [1.165, 1.54) is 69.8 Å². The summed E-state index contributed by atoms with van der Waals surface area (Å²) in [7, 11) is -2.10. The maximum Gasteiger partial charge on any atom is 0.338 e. The molecule has 162 valence electrons. The van der Waals surface area contributed by atoms with Crippen LogP contribution in [0.3, 0.4) is 0 Å². The molecule has 1 aromatic carbocycles. The summed E-state index contributed by atoms with van der Waals surface area (Å²) in [5, 5.41) is 0. The van der Waals surface area contributed by atoms with Gasteiger partial charge in [-0.1, -0.05) is 116 Å². The molecule has 0 fully saturated rings. The van der Waals surface area contributed by atoms with E-state index >= 15 is 0 Å². The zero-order chi connectivity index (χ0) is 20.5. The van der Waals surface area contributed by atoms with E-state index in [1.807, 2.05) is 0 Å². The third-order valence-corrected chi connectivity index (χ3v) is 9.44. The second kappa shape index (κ2) is 16.2. The molecule has 0 aromatic heterocycles. The smallest absolute Gasteiger partial charge is 0.338 e. The molecule has 0 bridgehead atoms. The molecule has 0 N–H and O–H groups in total. The topological polar surface area (TPSA) is 18.5 Å². The minimum absolute atomic E-state index is 0.167. The Kier molecular flexibility index (Phi) is 14.7. The van der Waals surface area contributed by atoms with Crippen molar-refractivity contribution in [1.82, 2.24) is 0 Å². The van der Waals surface area contributed by atoms with Crippen LogP contribution in [-0.2, 0) is 8.85 Å². The average Bonchev–Trinajstić information content (AvgIpc) is 2.75. The van der Waals surface area contributed by atoms with Gasteiger partial charge in [0.2, 0.25) is 0 Å². The van der Waals surface area contributed by atoms with Crippen LogP contribution in [0.5, 0.6) is 0 Å². The molecule has 0 aliphatic heterocycles. The van der Waals surface area contributed by atoms with Crippen LogP contribution in [0.2, 0.25) is 12.1 Å². The fourth-order valence-corrected chi connectivity index (χ4v) is 6.46. The van der Waals surface area contributed by atoms with Gasteiger partial charge < -0.3 is 8.85 Å². The Morgan fingerprint density at radius 2 is 1.25 bits per heavy atom. The van der Waals surface area contributed by atoms with Crippen LogP contribution >= 0.6 is 0 Å². The highest BCUT2D eigenvalue weighted by atomic mass is 28.4. The van der Waals surface area contributed by atoms with E-state index in [2.05, 4.69) is 58.0 Å². The first-order valence-corrected chi connectivity index (χ1v) is 14.3. The van der Waals surface area contributed by atoms with E-state index in [4.69, 9.17) is 8.85 Å². The van der Waals surface area contributed by atoms with Crippen LogP contribution in [0.25, 0.3) is 0 Å². The van der Waals surface area contributed by atoms with Gasteiger partial charge in [-0.3, -0.25) is 0 Å². The molecular weight excluding hydrogens is 360 g/mol. The maximum absolute atomic E-state index is 6.68. The maximum atomic E-state index is 6.68. The molecule has 0 aliphatic rings. The summed E-state index contributed by atoms with van der Waals surface area (Å²) in [5.41, 5.74) is 1.28. The second-order valence-electron chi connectivity index (χ2n) is 8.07. The Labute approximate surface area is 176 Å². The summed E-state index contributed by atoms with van der Waals surface area (Å²) < 4.78 is 13.2. The average molecular weight is 407 g/mol. The van der Waals surface area contributed by atoms with Crippen molar-refractivity contribution >= 4 is 8.56 Å². The Bertz CT molecular complexity index is 459. The Morgan fingerprint density at radius 3 is 1.75 bits per heavy atom. The molecule has 0 saturated carbocycles. The summed E-state index contributed by atoms with van der Waals surface area (Å²) >= 11 is 0. The van der Waals surface area contributed by atoms with Crippen LogP contribution in [0, 0.1) is 0 Å². The van der Waals surface area contributed by atoms with Crippen LogP contribution in [0.1, 0.15) is 110 Å². The van der Waals surface area contributed by atoms with Crippen molar-refractivity contribution in [2.75, 3.05) is 6.61 Å². The predicted octanol–water partition coefficient (Wildman–Crippen LogP) is 8.57. The van der Waals surface area contributed by atoms with E-state index in [0.29, 0.717) is 0 Å². The molecule has 0 heterocycles. The third-order valence-electron chi connectivity index (χ3n) is 5.84. The molecule has 1 unspecified atom stereocenters. The number of benzene rings is 1. The van der Waals surface area contributed by atoms with Gasteiger partial charge in [0.25, 0.3) is 0 Å². The van der Waals surface area contributed by atoms with Crippen molar-refractivity contribution in [2.45, 2.75) is 117 Å². The highest BCUT2D eigenvalue weighted by Crippen LogP contribution is 2.30. The molecule has 1 atom stereocenters. The lowest BCUT2D eigenvalue weighted by molar-refractivity contribution is 0.108. The Balaban J connectivity index is 2.28. The molecule has 2 nitrogen and oxygen atoms in total. The highest BCUT2D eigenvalue weighted by molar-refractivity contribution is 6.67. The number of hydrogen-bond acceptors (Lipinski definition) is 2. The van der Waals surface area contributed by atoms with Gasteiger partial charge in [0.15, 0.2) is 0 Å². The fourth-order valence-electron chi connectivity index (χ4n) is 3.82. The monoisotopic (exact) mass is 406 g/mol. The molecular formula is C25H46O2Si. The lowest BCUT2D eigenvalue weighted by atomic mass is 10.1. The van der Waals surface area contributed by atoms with Gasteiger partial charge in [0.05, 0.1) is 6.10 Å². The zero-order valence-electron chi connectivity index (χ0n) is 19.2. The van der Waals surface area contributed by atoms with Gasteiger partial charge in [0, 0.05) is 6.61 Å². The molecule has 1 aromatic rings. The quantitative estimate of drug-likeness (QED) is 0.179. The number of unbranched alkanes of at least 4 members (excludes halogenated alkanes) is 9. The van der Waals surface area contributed by atoms with E-state index in [0.717, 1.165) is 25.1 Å². The minimum atomic E-state index is -2.10. The molecule has 28 heavy (non-hydrogen) atoms. The van der Waals surface area contributed by atoms with Crippen molar-refractivity contribution in [1.29, 1.82) is 0 Å². The molecule has 0 saturated heterocycles. The lowest BCUT2D eigenvalue weighted by Gasteiger charge is -2.33. The van der Waals surface area contributed by atoms with Gasteiger partial charge >= 0.3 is 8.56 Å². The Morgan fingerprint density at radius 1 is 0.714 bits per heavy atom. The standard InChI is InChI=1S/C25H46O2Si/c1-5-9-10-11-12-13-14-15-16-20-23-26-28(7-3,8-4)27-25(6-2)24-21-18-17-19-22-24/h17-19,21-22,25H,5-16,20,23H2,1-4H3. The molecule has 0 amide bonds. The zero-order valence-corrected chi connectivity index (χ0v) is 20.2. The normalized spacial score (nSPS) is 13.0. The van der Waals surface area contributed by atoms with Crippen LogP contribution < -0.4 is 0 Å². The fraction of sp³-hybridized carbons (Fsp3) is 0.760. The van der Waals surface area contributed by atoms with E-state index in [-0.39, 0.29) is 6.10 Å². The summed E-state index contributed by atoms with van der Waals surface area (Å²) in [6, 6.07) is 12.7. The molecule has 0 spiro atoms.